The van der Waals surface area contributed by atoms with Crippen molar-refractivity contribution in [3.05, 3.63) is 70.1 Å². The first kappa shape index (κ1) is 18.2. The van der Waals surface area contributed by atoms with Crippen LogP contribution in [0, 0.1) is 10.1 Å². The highest BCUT2D eigenvalue weighted by atomic mass is 16.7. The van der Waals surface area contributed by atoms with Crippen LogP contribution in [0.2, 0.25) is 0 Å². The molecule has 1 aliphatic heterocycles. The van der Waals surface area contributed by atoms with E-state index in [0.717, 1.165) is 5.56 Å². The van der Waals surface area contributed by atoms with Crippen molar-refractivity contribution in [2.75, 3.05) is 6.79 Å². The van der Waals surface area contributed by atoms with Gasteiger partial charge >= 0.3 is 5.97 Å². The number of carbonyl (C=O) groups excluding carboxylic acids is 1. The number of non-ortho nitro benzene ring substituents is 1. The van der Waals surface area contributed by atoms with Gasteiger partial charge in [0, 0.05) is 23.8 Å². The Morgan fingerprint density at radius 3 is 2.72 bits per heavy atom. The second-order valence-electron chi connectivity index (χ2n) is 5.86. The number of rotatable bonds is 6. The van der Waals surface area contributed by atoms with Crippen molar-refractivity contribution in [1.29, 1.82) is 0 Å². The molecule has 0 radical (unpaired) electrons. The molecule has 0 saturated heterocycles. The first-order chi connectivity index (χ1) is 14.1. The zero-order valence-corrected chi connectivity index (χ0v) is 14.8. The number of aromatic nitrogens is 2. The number of nitro benzene ring substituents is 1. The molecule has 0 bridgehead atoms. The Morgan fingerprint density at radius 1 is 1.14 bits per heavy atom. The molecule has 0 aliphatic carbocycles. The quantitative estimate of drug-likeness (QED) is 0.268. The van der Waals surface area contributed by atoms with Gasteiger partial charge in [0.1, 0.15) is 0 Å². The van der Waals surface area contributed by atoms with Crippen molar-refractivity contribution in [3.63, 3.8) is 0 Å². The standard InChI is InChI=1S/C19H13N3O7/c23-18(8-2-12-1-7-15-16(9-12)28-11-27-15)26-10-17-20-21-19(29-17)13-3-5-14(6-4-13)22(24)25/h1-9H,10-11H2/b8-2+. The van der Waals surface area contributed by atoms with Crippen molar-refractivity contribution in [1.82, 2.24) is 10.2 Å². The number of hydrogen-bond donors (Lipinski definition) is 0. The van der Waals surface area contributed by atoms with Gasteiger partial charge in [-0.3, -0.25) is 10.1 Å². The van der Waals surface area contributed by atoms with E-state index in [4.69, 9.17) is 18.6 Å². The zero-order valence-electron chi connectivity index (χ0n) is 14.8. The molecule has 3 aromatic rings. The molecule has 0 saturated carbocycles. The van der Waals surface area contributed by atoms with Gasteiger partial charge in [-0.15, -0.1) is 10.2 Å². The lowest BCUT2D eigenvalue weighted by Gasteiger charge is -1.99. The van der Waals surface area contributed by atoms with Crippen molar-refractivity contribution in [2.24, 2.45) is 0 Å². The Labute approximate surface area is 163 Å². The molecule has 0 N–H and O–H groups in total. The molecule has 0 amide bonds. The van der Waals surface area contributed by atoms with Crippen LogP contribution in [0.4, 0.5) is 5.69 Å². The van der Waals surface area contributed by atoms with Crippen LogP contribution >= 0.6 is 0 Å². The number of benzene rings is 2. The number of fused-ring (bicyclic) bond motifs is 1. The highest BCUT2D eigenvalue weighted by Crippen LogP contribution is 2.32. The minimum Gasteiger partial charge on any atom is -0.454 e. The van der Waals surface area contributed by atoms with Gasteiger partial charge in [-0.05, 0) is 35.9 Å². The van der Waals surface area contributed by atoms with Crippen molar-refractivity contribution in [2.45, 2.75) is 6.61 Å². The molecule has 146 valence electrons. The lowest BCUT2D eigenvalue weighted by Crippen LogP contribution is -2.00. The lowest BCUT2D eigenvalue weighted by molar-refractivity contribution is -0.384. The molecule has 10 nitrogen and oxygen atoms in total. The van der Waals surface area contributed by atoms with E-state index in [1.54, 1.807) is 24.3 Å². The van der Waals surface area contributed by atoms with E-state index in [2.05, 4.69) is 10.2 Å². The molecule has 0 spiro atoms. The third-order valence-corrected chi connectivity index (χ3v) is 3.94. The lowest BCUT2D eigenvalue weighted by atomic mass is 10.2. The minimum absolute atomic E-state index is 0.0448. The predicted octanol–water partition coefficient (Wildman–Crippen LogP) is 3.13. The molecule has 2 heterocycles. The normalized spacial score (nSPS) is 12.3. The fraction of sp³-hybridized carbons (Fsp3) is 0.105. The summed E-state index contributed by atoms with van der Waals surface area (Å²) in [6.07, 6.45) is 2.85. The second-order valence-corrected chi connectivity index (χ2v) is 5.86. The fourth-order valence-corrected chi connectivity index (χ4v) is 2.52. The van der Waals surface area contributed by atoms with Crippen LogP contribution in [-0.4, -0.2) is 27.9 Å². The van der Waals surface area contributed by atoms with Crippen LogP contribution < -0.4 is 9.47 Å². The summed E-state index contributed by atoms with van der Waals surface area (Å²) in [4.78, 5) is 22.1. The third kappa shape index (κ3) is 4.21. The van der Waals surface area contributed by atoms with Crippen molar-refractivity contribution >= 4 is 17.7 Å². The SMILES string of the molecule is O=C(/C=C/c1ccc2c(c1)OCO2)OCc1nnc(-c2ccc([N+](=O)[O-])cc2)o1. The topological polar surface area (TPSA) is 127 Å². The van der Waals surface area contributed by atoms with Gasteiger partial charge in [0.05, 0.1) is 4.92 Å². The van der Waals surface area contributed by atoms with Gasteiger partial charge < -0.3 is 18.6 Å². The van der Waals surface area contributed by atoms with Gasteiger partial charge in [0.2, 0.25) is 12.7 Å². The first-order valence-corrected chi connectivity index (χ1v) is 8.40. The van der Waals surface area contributed by atoms with Crippen LogP contribution in [0.1, 0.15) is 11.5 Å². The van der Waals surface area contributed by atoms with E-state index in [0.29, 0.717) is 17.1 Å². The van der Waals surface area contributed by atoms with E-state index in [9.17, 15) is 14.9 Å². The van der Waals surface area contributed by atoms with Crippen LogP contribution in [0.3, 0.4) is 0 Å². The van der Waals surface area contributed by atoms with Crippen molar-refractivity contribution < 1.29 is 28.3 Å². The zero-order chi connectivity index (χ0) is 20.2. The van der Waals surface area contributed by atoms with E-state index in [-0.39, 0.29) is 30.9 Å². The second kappa shape index (κ2) is 7.80. The van der Waals surface area contributed by atoms with Crippen LogP contribution in [0.25, 0.3) is 17.5 Å². The average molecular weight is 395 g/mol. The smallest absolute Gasteiger partial charge is 0.331 e. The molecular formula is C19H13N3O7. The summed E-state index contributed by atoms with van der Waals surface area (Å²) in [5.74, 6) is 0.956. The van der Waals surface area contributed by atoms with E-state index in [1.165, 1.54) is 30.3 Å². The monoisotopic (exact) mass is 395 g/mol. The molecule has 4 rings (SSSR count). The molecule has 10 heteroatoms. The predicted molar refractivity (Wildman–Crippen MR) is 97.8 cm³/mol. The molecule has 0 fully saturated rings. The Hall–Kier alpha value is -4.21. The molecular weight excluding hydrogens is 382 g/mol. The third-order valence-electron chi connectivity index (χ3n) is 3.94. The Bertz CT molecular complexity index is 1090. The number of carbonyl (C=O) groups is 1. The largest absolute Gasteiger partial charge is 0.454 e. The maximum atomic E-state index is 11.9. The summed E-state index contributed by atoms with van der Waals surface area (Å²) in [5, 5.41) is 18.3. The number of nitrogens with zero attached hydrogens (tertiary/aromatic N) is 3. The Morgan fingerprint density at radius 2 is 1.93 bits per heavy atom. The van der Waals surface area contributed by atoms with Gasteiger partial charge in [0.25, 0.3) is 11.6 Å². The van der Waals surface area contributed by atoms with Crippen molar-refractivity contribution in [3.8, 4) is 23.0 Å². The summed E-state index contributed by atoms with van der Waals surface area (Å²) >= 11 is 0. The van der Waals surface area contributed by atoms with Crippen LogP contribution in [0.5, 0.6) is 11.5 Å². The number of nitro groups is 1. The fourth-order valence-electron chi connectivity index (χ4n) is 2.52. The van der Waals surface area contributed by atoms with E-state index in [1.807, 2.05) is 0 Å². The first-order valence-electron chi connectivity index (χ1n) is 8.40. The summed E-state index contributed by atoms with van der Waals surface area (Å²) in [5.41, 5.74) is 1.23. The van der Waals surface area contributed by atoms with Gasteiger partial charge in [-0.1, -0.05) is 6.07 Å². The van der Waals surface area contributed by atoms with E-state index < -0.39 is 10.9 Å². The van der Waals surface area contributed by atoms with E-state index >= 15 is 0 Å². The van der Waals surface area contributed by atoms with Crippen LogP contribution in [0.15, 0.2) is 53.0 Å². The number of hydrogen-bond acceptors (Lipinski definition) is 9. The van der Waals surface area contributed by atoms with Crippen LogP contribution in [-0.2, 0) is 16.1 Å². The summed E-state index contributed by atoms with van der Waals surface area (Å²) < 4.78 is 21.0. The molecule has 2 aromatic carbocycles. The molecule has 1 aliphatic rings. The highest BCUT2D eigenvalue weighted by Gasteiger charge is 2.13. The maximum Gasteiger partial charge on any atom is 0.331 e. The number of esters is 1. The molecule has 1 aromatic heterocycles. The Kier molecular flexibility index (Phi) is 4.89. The summed E-state index contributed by atoms with van der Waals surface area (Å²) in [7, 11) is 0. The molecule has 0 unspecified atom stereocenters. The van der Waals surface area contributed by atoms with Gasteiger partial charge in [-0.2, -0.15) is 0 Å². The molecule has 29 heavy (non-hydrogen) atoms. The Balaban J connectivity index is 1.33. The van der Waals surface area contributed by atoms with Gasteiger partial charge in [0.15, 0.2) is 18.1 Å². The number of ether oxygens (including phenoxy) is 3. The molecule has 0 atom stereocenters. The minimum atomic E-state index is -0.585. The maximum absolute atomic E-state index is 11.9. The summed E-state index contributed by atoms with van der Waals surface area (Å²) in [6, 6.07) is 10.9. The van der Waals surface area contributed by atoms with Gasteiger partial charge in [-0.25, -0.2) is 4.79 Å². The summed E-state index contributed by atoms with van der Waals surface area (Å²) in [6.45, 7) is -0.0269. The average Bonchev–Trinajstić information content (AvgIpc) is 3.39. The highest BCUT2D eigenvalue weighted by molar-refractivity contribution is 5.87.